The molecule has 0 saturated carbocycles. The Hall–Kier alpha value is -0.810. The monoisotopic (exact) mass is 300 g/mol. The summed E-state index contributed by atoms with van der Waals surface area (Å²) in [4.78, 5) is 15.7. The molecule has 1 heterocycles. The van der Waals surface area contributed by atoms with E-state index in [1.54, 1.807) is 30.0 Å². The number of thioether (sulfide) groups is 1. The number of aromatic nitrogens is 1. The summed E-state index contributed by atoms with van der Waals surface area (Å²) in [5.74, 6) is 1.65. The van der Waals surface area contributed by atoms with Gasteiger partial charge in [-0.1, -0.05) is 12.1 Å². The summed E-state index contributed by atoms with van der Waals surface area (Å²) < 4.78 is 0.668. The predicted molar refractivity (Wildman–Crippen MR) is 71.8 cm³/mol. The molecular weight excluding hydrogens is 288 g/mol. The predicted octanol–water partition coefficient (Wildman–Crippen LogP) is 2.49. The van der Waals surface area contributed by atoms with Gasteiger partial charge in [0.05, 0.1) is 0 Å². The standard InChI is InChI=1S/C11H13BrN2OS/c1-2-7-16-8-6-13-11(15)9-4-3-5-10(12)14-9/h2-5H,1,6-8H2,(H,13,15). The summed E-state index contributed by atoms with van der Waals surface area (Å²) in [6.07, 6.45) is 1.85. The molecule has 0 atom stereocenters. The third kappa shape index (κ3) is 4.81. The van der Waals surface area contributed by atoms with Gasteiger partial charge in [-0.2, -0.15) is 11.8 Å². The van der Waals surface area contributed by atoms with Crippen LogP contribution in [0.5, 0.6) is 0 Å². The molecule has 1 amide bonds. The number of halogens is 1. The number of pyridine rings is 1. The molecule has 0 aliphatic rings. The van der Waals surface area contributed by atoms with E-state index >= 15 is 0 Å². The number of rotatable bonds is 6. The van der Waals surface area contributed by atoms with Crippen molar-refractivity contribution in [1.29, 1.82) is 0 Å². The molecule has 0 fully saturated rings. The fourth-order valence-corrected chi connectivity index (χ4v) is 1.95. The van der Waals surface area contributed by atoms with E-state index in [4.69, 9.17) is 0 Å². The minimum absolute atomic E-state index is 0.138. The zero-order valence-electron chi connectivity index (χ0n) is 8.78. The quantitative estimate of drug-likeness (QED) is 0.499. The first-order valence-electron chi connectivity index (χ1n) is 4.83. The smallest absolute Gasteiger partial charge is 0.269 e. The molecule has 86 valence electrons. The van der Waals surface area contributed by atoms with Gasteiger partial charge in [0.25, 0.3) is 5.91 Å². The van der Waals surface area contributed by atoms with Crippen molar-refractivity contribution in [3.63, 3.8) is 0 Å². The molecule has 0 aliphatic heterocycles. The molecule has 0 spiro atoms. The zero-order chi connectivity index (χ0) is 11.8. The van der Waals surface area contributed by atoms with Crippen molar-refractivity contribution in [3.8, 4) is 0 Å². The molecule has 1 aromatic heterocycles. The van der Waals surface area contributed by atoms with Crippen molar-refractivity contribution >= 4 is 33.6 Å². The van der Waals surface area contributed by atoms with Gasteiger partial charge in [0.2, 0.25) is 0 Å². The summed E-state index contributed by atoms with van der Waals surface area (Å²) in [7, 11) is 0. The van der Waals surface area contributed by atoms with Gasteiger partial charge >= 0.3 is 0 Å². The first kappa shape index (κ1) is 13.3. The Labute approximate surface area is 108 Å². The summed E-state index contributed by atoms with van der Waals surface area (Å²) >= 11 is 4.96. The molecule has 0 bridgehead atoms. The normalized spacial score (nSPS) is 9.81. The summed E-state index contributed by atoms with van der Waals surface area (Å²) in [5.41, 5.74) is 0.433. The van der Waals surface area contributed by atoms with Crippen molar-refractivity contribution in [3.05, 3.63) is 41.2 Å². The van der Waals surface area contributed by atoms with E-state index in [-0.39, 0.29) is 5.91 Å². The van der Waals surface area contributed by atoms with Gasteiger partial charge in [-0.15, -0.1) is 6.58 Å². The zero-order valence-corrected chi connectivity index (χ0v) is 11.2. The van der Waals surface area contributed by atoms with E-state index in [0.29, 0.717) is 16.8 Å². The Balaban J connectivity index is 2.32. The Morgan fingerprint density at radius 1 is 1.62 bits per heavy atom. The lowest BCUT2D eigenvalue weighted by Gasteiger charge is -2.03. The van der Waals surface area contributed by atoms with E-state index < -0.39 is 0 Å². The van der Waals surface area contributed by atoms with Crippen LogP contribution in [0.2, 0.25) is 0 Å². The Morgan fingerprint density at radius 3 is 3.12 bits per heavy atom. The second kappa shape index (κ2) is 7.46. The topological polar surface area (TPSA) is 42.0 Å². The number of amides is 1. The second-order valence-electron chi connectivity index (χ2n) is 2.97. The number of hydrogen-bond acceptors (Lipinski definition) is 3. The van der Waals surface area contributed by atoms with E-state index in [2.05, 4.69) is 32.8 Å². The highest BCUT2D eigenvalue weighted by molar-refractivity contribution is 9.10. The summed E-state index contributed by atoms with van der Waals surface area (Å²) in [6, 6.07) is 5.27. The van der Waals surface area contributed by atoms with Crippen LogP contribution in [0.3, 0.4) is 0 Å². The minimum atomic E-state index is -0.138. The summed E-state index contributed by atoms with van der Waals surface area (Å²) in [6.45, 7) is 4.27. The maximum absolute atomic E-state index is 11.6. The van der Waals surface area contributed by atoms with E-state index in [0.717, 1.165) is 11.5 Å². The second-order valence-corrected chi connectivity index (χ2v) is 4.93. The van der Waals surface area contributed by atoms with Crippen LogP contribution in [0.1, 0.15) is 10.5 Å². The van der Waals surface area contributed by atoms with Gasteiger partial charge in [0.1, 0.15) is 10.3 Å². The Morgan fingerprint density at radius 2 is 2.44 bits per heavy atom. The minimum Gasteiger partial charge on any atom is -0.350 e. The van der Waals surface area contributed by atoms with Gasteiger partial charge in [0.15, 0.2) is 0 Å². The van der Waals surface area contributed by atoms with Crippen LogP contribution in [0, 0.1) is 0 Å². The van der Waals surface area contributed by atoms with Crippen LogP contribution in [-0.2, 0) is 0 Å². The van der Waals surface area contributed by atoms with Gasteiger partial charge in [-0.25, -0.2) is 4.98 Å². The van der Waals surface area contributed by atoms with Crippen LogP contribution in [0.15, 0.2) is 35.5 Å². The molecule has 0 radical (unpaired) electrons. The molecular formula is C11H13BrN2OS. The van der Waals surface area contributed by atoms with Crippen LogP contribution < -0.4 is 5.32 Å². The number of hydrogen-bond donors (Lipinski definition) is 1. The number of nitrogens with one attached hydrogen (secondary N) is 1. The van der Waals surface area contributed by atoms with Crippen molar-refractivity contribution in [2.24, 2.45) is 0 Å². The molecule has 0 aliphatic carbocycles. The molecule has 3 nitrogen and oxygen atoms in total. The maximum Gasteiger partial charge on any atom is 0.269 e. The molecule has 5 heteroatoms. The van der Waals surface area contributed by atoms with Crippen molar-refractivity contribution < 1.29 is 4.79 Å². The van der Waals surface area contributed by atoms with E-state index in [1.165, 1.54) is 0 Å². The highest BCUT2D eigenvalue weighted by Gasteiger charge is 2.05. The lowest BCUT2D eigenvalue weighted by atomic mass is 10.3. The van der Waals surface area contributed by atoms with Crippen molar-refractivity contribution in [1.82, 2.24) is 10.3 Å². The number of carbonyl (C=O) groups excluding carboxylic acids is 1. The van der Waals surface area contributed by atoms with Crippen LogP contribution in [-0.4, -0.2) is 28.9 Å². The number of nitrogens with zero attached hydrogens (tertiary/aromatic N) is 1. The molecule has 1 rings (SSSR count). The van der Waals surface area contributed by atoms with Gasteiger partial charge in [0, 0.05) is 18.1 Å². The molecule has 0 aromatic carbocycles. The molecule has 1 N–H and O–H groups in total. The van der Waals surface area contributed by atoms with Gasteiger partial charge < -0.3 is 5.32 Å². The third-order valence-electron chi connectivity index (χ3n) is 1.72. The maximum atomic E-state index is 11.6. The highest BCUT2D eigenvalue weighted by atomic mass is 79.9. The molecule has 1 aromatic rings. The average Bonchev–Trinajstić information content (AvgIpc) is 2.28. The fourth-order valence-electron chi connectivity index (χ4n) is 1.03. The van der Waals surface area contributed by atoms with Gasteiger partial charge in [-0.3, -0.25) is 4.79 Å². The average molecular weight is 301 g/mol. The Bertz CT molecular complexity index is 371. The van der Waals surface area contributed by atoms with Gasteiger partial charge in [-0.05, 0) is 28.1 Å². The summed E-state index contributed by atoms with van der Waals surface area (Å²) in [5, 5.41) is 2.81. The van der Waals surface area contributed by atoms with Crippen LogP contribution in [0.25, 0.3) is 0 Å². The fraction of sp³-hybridized carbons (Fsp3) is 0.273. The molecule has 0 unspecified atom stereocenters. The van der Waals surface area contributed by atoms with Crippen LogP contribution >= 0.6 is 27.7 Å². The molecule has 16 heavy (non-hydrogen) atoms. The molecule has 0 saturated heterocycles. The largest absolute Gasteiger partial charge is 0.350 e. The van der Waals surface area contributed by atoms with E-state index in [1.807, 2.05) is 6.08 Å². The lowest BCUT2D eigenvalue weighted by molar-refractivity contribution is 0.0951. The van der Waals surface area contributed by atoms with Crippen LogP contribution in [0.4, 0.5) is 0 Å². The van der Waals surface area contributed by atoms with Crippen molar-refractivity contribution in [2.75, 3.05) is 18.1 Å². The lowest BCUT2D eigenvalue weighted by Crippen LogP contribution is -2.26. The van der Waals surface area contributed by atoms with Crippen molar-refractivity contribution in [2.45, 2.75) is 0 Å². The third-order valence-corrected chi connectivity index (χ3v) is 3.12. The SMILES string of the molecule is C=CCSCCNC(=O)c1cccc(Br)n1. The number of carbonyl (C=O) groups is 1. The highest BCUT2D eigenvalue weighted by Crippen LogP contribution is 2.06. The first-order chi connectivity index (χ1) is 7.74. The Kier molecular flexibility index (Phi) is 6.18. The first-order valence-corrected chi connectivity index (χ1v) is 6.78. The van der Waals surface area contributed by atoms with E-state index in [9.17, 15) is 4.79 Å².